The molecule has 0 saturated carbocycles. The summed E-state index contributed by atoms with van der Waals surface area (Å²) >= 11 is 0. The summed E-state index contributed by atoms with van der Waals surface area (Å²) < 4.78 is 0. The van der Waals surface area contributed by atoms with Gasteiger partial charge >= 0.3 is 0 Å². The van der Waals surface area contributed by atoms with Gasteiger partial charge in [-0.3, -0.25) is 4.90 Å². The lowest BCUT2D eigenvalue weighted by atomic mass is 9.77. The van der Waals surface area contributed by atoms with Crippen LogP contribution in [0.5, 0.6) is 0 Å². The number of aryl methyl sites for hydroxylation is 1. The maximum Gasteiger partial charge on any atom is 0.160 e. The molecule has 0 spiro atoms. The Labute approximate surface area is 120 Å². The molecule has 1 unspecified atom stereocenters. The lowest BCUT2D eigenvalue weighted by molar-refractivity contribution is 0.200. The second-order valence-electron chi connectivity index (χ2n) is 5.52. The fraction of sp³-hybridized carbons (Fsp3) is 0.278. The average Bonchev–Trinajstić information content (AvgIpc) is 2.49. The van der Waals surface area contributed by atoms with Crippen molar-refractivity contribution in [2.24, 2.45) is 0 Å². The van der Waals surface area contributed by atoms with Crippen molar-refractivity contribution >= 4 is 0 Å². The van der Waals surface area contributed by atoms with Gasteiger partial charge in [-0.15, -0.1) is 0 Å². The first-order chi connectivity index (χ1) is 9.68. The number of hydrogen-bond donors (Lipinski definition) is 0. The van der Waals surface area contributed by atoms with Crippen molar-refractivity contribution in [3.8, 4) is 6.07 Å². The molecular weight excluding hydrogens is 244 g/mol. The van der Waals surface area contributed by atoms with Crippen molar-refractivity contribution in [2.45, 2.75) is 18.9 Å². The Balaban J connectivity index is 2.26. The Morgan fingerprint density at radius 3 is 2.50 bits per heavy atom. The first kappa shape index (κ1) is 12.9. The summed E-state index contributed by atoms with van der Waals surface area (Å²) in [6.07, 6.45) is 1.00. The number of nitriles is 1. The minimum Gasteiger partial charge on any atom is -0.281 e. The van der Waals surface area contributed by atoms with Crippen LogP contribution in [0.3, 0.4) is 0 Å². The summed E-state index contributed by atoms with van der Waals surface area (Å²) in [6.45, 7) is 2.97. The van der Waals surface area contributed by atoms with E-state index in [2.05, 4.69) is 60.4 Å². The molecule has 0 bridgehead atoms. The first-order valence-electron chi connectivity index (χ1n) is 6.96. The van der Waals surface area contributed by atoms with Crippen molar-refractivity contribution in [3.05, 3.63) is 70.8 Å². The number of likely N-dealkylation sites (N-methyl/N-ethyl adjacent to an activating group) is 1. The monoisotopic (exact) mass is 262 g/mol. The predicted molar refractivity (Wildman–Crippen MR) is 80.3 cm³/mol. The van der Waals surface area contributed by atoms with E-state index < -0.39 is 5.54 Å². The normalized spacial score (nSPS) is 22.1. The van der Waals surface area contributed by atoms with Crippen LogP contribution in [0.2, 0.25) is 0 Å². The van der Waals surface area contributed by atoms with Crippen molar-refractivity contribution in [1.82, 2.24) is 4.90 Å². The Morgan fingerprint density at radius 1 is 1.10 bits per heavy atom. The van der Waals surface area contributed by atoms with Gasteiger partial charge in [0.15, 0.2) is 5.54 Å². The third-order valence-corrected chi connectivity index (χ3v) is 4.33. The maximum atomic E-state index is 9.99. The van der Waals surface area contributed by atoms with Gasteiger partial charge in [-0.25, -0.2) is 0 Å². The van der Waals surface area contributed by atoms with E-state index in [1.54, 1.807) is 0 Å². The molecule has 0 radical (unpaired) electrons. The zero-order chi connectivity index (χ0) is 14.2. The van der Waals surface area contributed by atoms with Crippen LogP contribution in [0.25, 0.3) is 0 Å². The second kappa shape index (κ2) is 4.77. The topological polar surface area (TPSA) is 27.0 Å². The third kappa shape index (κ3) is 1.75. The summed E-state index contributed by atoms with van der Waals surface area (Å²) in [4.78, 5) is 2.17. The average molecular weight is 262 g/mol. The molecule has 2 heteroatoms. The van der Waals surface area contributed by atoms with Gasteiger partial charge in [-0.2, -0.15) is 5.26 Å². The largest absolute Gasteiger partial charge is 0.281 e. The van der Waals surface area contributed by atoms with Gasteiger partial charge in [0.2, 0.25) is 0 Å². The Kier molecular flexibility index (Phi) is 3.08. The molecule has 0 aromatic heterocycles. The van der Waals surface area contributed by atoms with E-state index in [0.717, 1.165) is 24.1 Å². The van der Waals surface area contributed by atoms with Gasteiger partial charge in [0.1, 0.15) is 0 Å². The van der Waals surface area contributed by atoms with Crippen LogP contribution in [0.15, 0.2) is 48.5 Å². The zero-order valence-electron chi connectivity index (χ0n) is 11.9. The van der Waals surface area contributed by atoms with Crippen LogP contribution < -0.4 is 0 Å². The highest BCUT2D eigenvalue weighted by Crippen LogP contribution is 2.39. The van der Waals surface area contributed by atoms with Crippen molar-refractivity contribution in [2.75, 3.05) is 13.6 Å². The molecule has 2 aromatic carbocycles. The fourth-order valence-electron chi connectivity index (χ4n) is 3.13. The highest BCUT2D eigenvalue weighted by atomic mass is 15.2. The quantitative estimate of drug-likeness (QED) is 0.789. The van der Waals surface area contributed by atoms with Crippen LogP contribution in [-0.4, -0.2) is 18.5 Å². The lowest BCUT2D eigenvalue weighted by Crippen LogP contribution is -2.48. The molecule has 0 aliphatic carbocycles. The van der Waals surface area contributed by atoms with Gasteiger partial charge in [-0.1, -0.05) is 54.1 Å². The molecule has 0 amide bonds. The van der Waals surface area contributed by atoms with Crippen molar-refractivity contribution < 1.29 is 0 Å². The van der Waals surface area contributed by atoms with Crippen molar-refractivity contribution in [3.63, 3.8) is 0 Å². The van der Waals surface area contributed by atoms with Gasteiger partial charge in [0, 0.05) is 6.54 Å². The van der Waals surface area contributed by atoms with Gasteiger partial charge < -0.3 is 0 Å². The summed E-state index contributed by atoms with van der Waals surface area (Å²) in [5.41, 5.74) is 4.02. The molecule has 20 heavy (non-hydrogen) atoms. The molecule has 1 aliphatic heterocycles. The summed E-state index contributed by atoms with van der Waals surface area (Å²) in [5.74, 6) is 0. The fourth-order valence-corrected chi connectivity index (χ4v) is 3.13. The maximum absolute atomic E-state index is 9.99. The van der Waals surface area contributed by atoms with E-state index in [4.69, 9.17) is 0 Å². The second-order valence-corrected chi connectivity index (χ2v) is 5.52. The Bertz CT molecular complexity index is 667. The molecule has 100 valence electrons. The summed E-state index contributed by atoms with van der Waals surface area (Å²) in [7, 11) is 2.04. The Morgan fingerprint density at radius 2 is 1.80 bits per heavy atom. The van der Waals surface area contributed by atoms with E-state index in [1.165, 1.54) is 11.1 Å². The SMILES string of the molecule is Cc1ccc(C2(C#N)c3ccccc3CCN2C)cc1. The van der Waals surface area contributed by atoms with Crippen molar-refractivity contribution in [1.29, 1.82) is 5.26 Å². The van der Waals surface area contributed by atoms with Gasteiger partial charge in [0.25, 0.3) is 0 Å². The minimum absolute atomic E-state index is 0.664. The number of benzene rings is 2. The number of fused-ring (bicyclic) bond motifs is 1. The highest BCUT2D eigenvalue weighted by Gasteiger charge is 2.42. The van der Waals surface area contributed by atoms with Crippen LogP contribution in [-0.2, 0) is 12.0 Å². The molecule has 1 heterocycles. The van der Waals surface area contributed by atoms with E-state index in [1.807, 2.05) is 13.1 Å². The lowest BCUT2D eigenvalue weighted by Gasteiger charge is -2.42. The molecule has 0 N–H and O–H groups in total. The minimum atomic E-state index is -0.664. The number of rotatable bonds is 1. The summed E-state index contributed by atoms with van der Waals surface area (Å²) in [5, 5.41) is 9.99. The predicted octanol–water partition coefficient (Wildman–Crippen LogP) is 3.25. The molecule has 0 fully saturated rings. The first-order valence-corrected chi connectivity index (χ1v) is 6.96. The van der Waals surface area contributed by atoms with E-state index in [0.29, 0.717) is 0 Å². The molecule has 1 atom stereocenters. The van der Waals surface area contributed by atoms with Crippen LogP contribution in [0, 0.1) is 18.3 Å². The zero-order valence-corrected chi connectivity index (χ0v) is 11.9. The van der Waals surface area contributed by atoms with Crippen LogP contribution in [0.1, 0.15) is 22.3 Å². The molecule has 2 aromatic rings. The van der Waals surface area contributed by atoms with Gasteiger partial charge in [-0.05, 0) is 37.1 Å². The summed E-state index contributed by atoms with van der Waals surface area (Å²) in [6, 6.07) is 19.2. The molecular formula is C18H18N2. The standard InChI is InChI=1S/C18H18N2/c1-14-7-9-16(10-8-14)18(13-19)17-6-4-3-5-15(17)11-12-20(18)2/h3-10H,11-12H2,1-2H3. The van der Waals surface area contributed by atoms with E-state index in [-0.39, 0.29) is 0 Å². The third-order valence-electron chi connectivity index (χ3n) is 4.33. The molecule has 1 aliphatic rings. The smallest absolute Gasteiger partial charge is 0.160 e. The Hall–Kier alpha value is -2.11. The molecule has 2 nitrogen and oxygen atoms in total. The molecule has 0 saturated heterocycles. The molecule has 3 rings (SSSR count). The highest BCUT2D eigenvalue weighted by molar-refractivity contribution is 5.50. The number of hydrogen-bond acceptors (Lipinski definition) is 2. The van der Waals surface area contributed by atoms with E-state index >= 15 is 0 Å². The van der Waals surface area contributed by atoms with Crippen LogP contribution in [0.4, 0.5) is 0 Å². The van der Waals surface area contributed by atoms with Gasteiger partial charge in [0.05, 0.1) is 6.07 Å². The van der Waals surface area contributed by atoms with Crippen LogP contribution >= 0.6 is 0 Å². The van der Waals surface area contributed by atoms with E-state index in [9.17, 15) is 5.26 Å². The number of nitrogens with zero attached hydrogens (tertiary/aromatic N) is 2.